The Morgan fingerprint density at radius 2 is 1.72 bits per heavy atom. The number of likely N-dealkylation sites (N-methyl/N-ethyl adjacent to an activating group) is 1. The van der Waals surface area contributed by atoms with Crippen molar-refractivity contribution < 1.29 is 31.9 Å². The zero-order chi connectivity index (χ0) is 28.2. The molecule has 12 heteroatoms. The van der Waals surface area contributed by atoms with Crippen LogP contribution >= 0.6 is 0 Å². The number of hydrogen-bond acceptors (Lipinski definition) is 6. The maximum absolute atomic E-state index is 14.1. The molecule has 0 spiro atoms. The molecule has 39 heavy (non-hydrogen) atoms. The average molecular weight is 546 g/mol. The van der Waals surface area contributed by atoms with Crippen LogP contribution < -0.4 is 15.4 Å². The molecule has 2 amide bonds. The first-order chi connectivity index (χ1) is 18.5. The van der Waals surface area contributed by atoms with Crippen molar-refractivity contribution in [2.45, 2.75) is 19.3 Å². The minimum absolute atomic E-state index is 0.0818. The van der Waals surface area contributed by atoms with E-state index in [1.807, 2.05) is 11.9 Å². The molecule has 0 radical (unpaired) electrons. The summed E-state index contributed by atoms with van der Waals surface area (Å²) in [5.41, 5.74) is 0.678. The highest BCUT2D eigenvalue weighted by Crippen LogP contribution is 2.29. The second kappa shape index (κ2) is 11.8. The molecular weight excluding hydrogens is 518 g/mol. The number of pyridine rings is 1. The molecule has 1 aromatic heterocycles. The standard InChI is InChI=1S/C27H27F4N5O3/c1-17(36-13-11-35(2)12-14-36)25(37)34-24-15-19(39-27(29,30)31)8-9-21(24)26(38)33-18-7-10-23(32-16-18)20-5-3-4-6-22(20)28/h3-10,15-17H,11-14H2,1-2H3,(H,33,38)(H,34,37). The van der Waals surface area contributed by atoms with Gasteiger partial charge in [0.2, 0.25) is 5.91 Å². The Morgan fingerprint density at radius 1 is 1.00 bits per heavy atom. The number of rotatable bonds is 7. The molecule has 8 nitrogen and oxygen atoms in total. The van der Waals surface area contributed by atoms with Crippen LogP contribution in [0.25, 0.3) is 11.3 Å². The number of alkyl halides is 3. The number of aromatic nitrogens is 1. The lowest BCUT2D eigenvalue weighted by molar-refractivity contribution is -0.274. The van der Waals surface area contributed by atoms with Crippen molar-refractivity contribution in [3.8, 4) is 17.0 Å². The number of ether oxygens (including phenoxy) is 1. The number of carbonyl (C=O) groups excluding carboxylic acids is 2. The average Bonchev–Trinajstić information content (AvgIpc) is 2.89. The van der Waals surface area contributed by atoms with Gasteiger partial charge in [0, 0.05) is 37.8 Å². The highest BCUT2D eigenvalue weighted by molar-refractivity contribution is 6.10. The van der Waals surface area contributed by atoms with E-state index in [1.54, 1.807) is 25.1 Å². The van der Waals surface area contributed by atoms with Crippen molar-refractivity contribution in [1.82, 2.24) is 14.8 Å². The summed E-state index contributed by atoms with van der Waals surface area (Å²) in [6.45, 7) is 4.52. The van der Waals surface area contributed by atoms with E-state index in [4.69, 9.17) is 0 Å². The summed E-state index contributed by atoms with van der Waals surface area (Å²) in [5, 5.41) is 5.19. The van der Waals surface area contributed by atoms with E-state index in [-0.39, 0.29) is 22.5 Å². The molecule has 4 rings (SSSR count). The molecule has 1 saturated heterocycles. The quantitative estimate of drug-likeness (QED) is 0.422. The predicted molar refractivity (Wildman–Crippen MR) is 138 cm³/mol. The van der Waals surface area contributed by atoms with Gasteiger partial charge in [-0.15, -0.1) is 13.2 Å². The molecule has 1 aliphatic rings. The lowest BCUT2D eigenvalue weighted by Crippen LogP contribution is -2.51. The number of carbonyl (C=O) groups is 2. The van der Waals surface area contributed by atoms with Crippen molar-refractivity contribution in [2.24, 2.45) is 0 Å². The Labute approximate surface area is 222 Å². The molecular formula is C27H27F4N5O3. The lowest BCUT2D eigenvalue weighted by atomic mass is 10.1. The lowest BCUT2D eigenvalue weighted by Gasteiger charge is -2.35. The summed E-state index contributed by atoms with van der Waals surface area (Å²) in [4.78, 5) is 34.4. The monoisotopic (exact) mass is 545 g/mol. The molecule has 0 aliphatic carbocycles. The first-order valence-electron chi connectivity index (χ1n) is 12.2. The summed E-state index contributed by atoms with van der Waals surface area (Å²) >= 11 is 0. The summed E-state index contributed by atoms with van der Waals surface area (Å²) < 4.78 is 56.6. The number of benzene rings is 2. The predicted octanol–water partition coefficient (Wildman–Crippen LogP) is 4.61. The van der Waals surface area contributed by atoms with Crippen LogP contribution in [0.4, 0.5) is 28.9 Å². The maximum atomic E-state index is 14.1. The van der Waals surface area contributed by atoms with E-state index in [0.29, 0.717) is 18.8 Å². The third-order valence-corrected chi connectivity index (χ3v) is 6.36. The second-order valence-electron chi connectivity index (χ2n) is 9.13. The summed E-state index contributed by atoms with van der Waals surface area (Å²) in [6, 6.07) is 11.6. The van der Waals surface area contributed by atoms with E-state index in [0.717, 1.165) is 31.3 Å². The number of nitrogens with zero attached hydrogens (tertiary/aromatic N) is 3. The summed E-state index contributed by atoms with van der Waals surface area (Å²) in [7, 11) is 1.97. The van der Waals surface area contributed by atoms with Crippen LogP contribution in [0.1, 0.15) is 17.3 Å². The second-order valence-corrected chi connectivity index (χ2v) is 9.13. The largest absolute Gasteiger partial charge is 0.573 e. The Kier molecular flexibility index (Phi) is 8.46. The third-order valence-electron chi connectivity index (χ3n) is 6.36. The molecule has 206 valence electrons. The fourth-order valence-corrected chi connectivity index (χ4v) is 4.13. The van der Waals surface area contributed by atoms with Gasteiger partial charge in [-0.3, -0.25) is 19.5 Å². The van der Waals surface area contributed by atoms with Crippen LogP contribution in [0.5, 0.6) is 5.75 Å². The van der Waals surface area contributed by atoms with Gasteiger partial charge in [-0.1, -0.05) is 12.1 Å². The van der Waals surface area contributed by atoms with Gasteiger partial charge in [0.25, 0.3) is 5.91 Å². The van der Waals surface area contributed by atoms with Gasteiger partial charge < -0.3 is 20.3 Å². The number of halogens is 4. The van der Waals surface area contributed by atoms with Gasteiger partial charge in [0.15, 0.2) is 0 Å². The fraction of sp³-hybridized carbons (Fsp3) is 0.296. The van der Waals surface area contributed by atoms with Crippen molar-refractivity contribution in [3.05, 3.63) is 72.2 Å². The third kappa shape index (κ3) is 7.30. The first-order valence-corrected chi connectivity index (χ1v) is 12.2. The van der Waals surface area contributed by atoms with Crippen LogP contribution in [-0.2, 0) is 4.79 Å². The van der Waals surface area contributed by atoms with E-state index in [1.165, 1.54) is 24.4 Å². The molecule has 0 saturated carbocycles. The van der Waals surface area contributed by atoms with Gasteiger partial charge in [-0.25, -0.2) is 4.39 Å². The Bertz CT molecular complexity index is 1330. The van der Waals surface area contributed by atoms with E-state index < -0.39 is 35.8 Å². The molecule has 1 fully saturated rings. The first kappa shape index (κ1) is 28.0. The highest BCUT2D eigenvalue weighted by Gasteiger charge is 2.32. The highest BCUT2D eigenvalue weighted by atomic mass is 19.4. The van der Waals surface area contributed by atoms with Crippen LogP contribution in [0.3, 0.4) is 0 Å². The Balaban J connectivity index is 1.54. The zero-order valence-electron chi connectivity index (χ0n) is 21.3. The SMILES string of the molecule is CC(C(=O)Nc1cc(OC(F)(F)F)ccc1C(=O)Nc1ccc(-c2ccccc2F)nc1)N1CCN(C)CC1. The number of anilines is 2. The van der Waals surface area contributed by atoms with Crippen LogP contribution in [0.2, 0.25) is 0 Å². The van der Waals surface area contributed by atoms with Crippen molar-refractivity contribution >= 4 is 23.2 Å². The van der Waals surface area contributed by atoms with Gasteiger partial charge in [0.05, 0.1) is 34.9 Å². The minimum Gasteiger partial charge on any atom is -0.406 e. The molecule has 1 atom stereocenters. The number of piperazine rings is 1. The van der Waals surface area contributed by atoms with Gasteiger partial charge in [-0.2, -0.15) is 0 Å². The van der Waals surface area contributed by atoms with E-state index in [9.17, 15) is 27.2 Å². The molecule has 0 bridgehead atoms. The fourth-order valence-electron chi connectivity index (χ4n) is 4.13. The van der Waals surface area contributed by atoms with Crippen LogP contribution in [0.15, 0.2) is 60.8 Å². The van der Waals surface area contributed by atoms with Gasteiger partial charge >= 0.3 is 6.36 Å². The number of nitrogens with one attached hydrogen (secondary N) is 2. The minimum atomic E-state index is -4.95. The smallest absolute Gasteiger partial charge is 0.406 e. The molecule has 2 N–H and O–H groups in total. The van der Waals surface area contributed by atoms with Crippen LogP contribution in [0, 0.1) is 5.82 Å². The normalized spacial score (nSPS) is 15.4. The molecule has 3 aromatic rings. The molecule has 1 unspecified atom stereocenters. The zero-order valence-corrected chi connectivity index (χ0v) is 21.3. The number of amides is 2. The van der Waals surface area contributed by atoms with Crippen molar-refractivity contribution in [2.75, 3.05) is 43.9 Å². The molecule has 2 aromatic carbocycles. The van der Waals surface area contributed by atoms with Crippen molar-refractivity contribution in [3.63, 3.8) is 0 Å². The van der Waals surface area contributed by atoms with Crippen LogP contribution in [-0.4, -0.2) is 72.2 Å². The summed E-state index contributed by atoms with van der Waals surface area (Å²) in [6.07, 6.45) is -3.63. The van der Waals surface area contributed by atoms with E-state index >= 15 is 0 Å². The number of hydrogen-bond donors (Lipinski definition) is 2. The van der Waals surface area contributed by atoms with Gasteiger partial charge in [-0.05, 0) is 50.4 Å². The molecule has 2 heterocycles. The van der Waals surface area contributed by atoms with E-state index in [2.05, 4.69) is 25.3 Å². The van der Waals surface area contributed by atoms with Crippen molar-refractivity contribution in [1.29, 1.82) is 0 Å². The maximum Gasteiger partial charge on any atom is 0.573 e. The van der Waals surface area contributed by atoms with Gasteiger partial charge in [0.1, 0.15) is 11.6 Å². The molecule has 1 aliphatic heterocycles. The topological polar surface area (TPSA) is 86.8 Å². The Hall–Kier alpha value is -4.03. The summed E-state index contributed by atoms with van der Waals surface area (Å²) in [5.74, 6) is -2.21. The Morgan fingerprint density at radius 3 is 2.36 bits per heavy atom.